The Balaban J connectivity index is 1.73. The molecule has 1 aliphatic carbocycles. The van der Waals surface area contributed by atoms with Crippen LogP contribution in [0.3, 0.4) is 0 Å². The van der Waals surface area contributed by atoms with E-state index in [1.807, 2.05) is 18.3 Å². The predicted octanol–water partition coefficient (Wildman–Crippen LogP) is 2.85. The first kappa shape index (κ1) is 13.2. The molecule has 0 spiro atoms. The summed E-state index contributed by atoms with van der Waals surface area (Å²) in [7, 11) is 0. The molecule has 2 aromatic rings. The van der Waals surface area contributed by atoms with Crippen LogP contribution in [0.4, 0.5) is 0 Å². The molecule has 4 heteroatoms. The molecule has 4 nitrogen and oxygen atoms in total. The Bertz CT molecular complexity index is 592. The maximum Gasteiger partial charge on any atom is 0.146 e. The van der Waals surface area contributed by atoms with Crippen LogP contribution in [0.15, 0.2) is 30.6 Å². The lowest BCUT2D eigenvalue weighted by Gasteiger charge is -2.22. The number of imidazole rings is 1. The minimum atomic E-state index is -0.347. The van der Waals surface area contributed by atoms with E-state index in [0.29, 0.717) is 6.61 Å². The van der Waals surface area contributed by atoms with E-state index in [4.69, 9.17) is 4.74 Å². The summed E-state index contributed by atoms with van der Waals surface area (Å²) < 4.78 is 7.88. The Labute approximate surface area is 119 Å². The van der Waals surface area contributed by atoms with Crippen molar-refractivity contribution in [2.24, 2.45) is 0 Å². The average Bonchev–Trinajstić information content (AvgIpc) is 2.93. The van der Waals surface area contributed by atoms with E-state index in [0.717, 1.165) is 42.9 Å². The SMILES string of the molecule is CCn1ccnc1COc1ccc2c(c1)[C@@H](O)CCC2. The highest BCUT2D eigenvalue weighted by atomic mass is 16.5. The lowest BCUT2D eigenvalue weighted by Crippen LogP contribution is -2.10. The average molecular weight is 272 g/mol. The smallest absolute Gasteiger partial charge is 0.146 e. The largest absolute Gasteiger partial charge is 0.486 e. The molecule has 0 fully saturated rings. The number of fused-ring (bicyclic) bond motifs is 1. The van der Waals surface area contributed by atoms with Crippen molar-refractivity contribution in [3.05, 3.63) is 47.5 Å². The summed E-state index contributed by atoms with van der Waals surface area (Å²) in [5, 5.41) is 10.0. The third kappa shape index (κ3) is 2.56. The van der Waals surface area contributed by atoms with Gasteiger partial charge in [0.25, 0.3) is 0 Å². The van der Waals surface area contributed by atoms with E-state index >= 15 is 0 Å². The summed E-state index contributed by atoms with van der Waals surface area (Å²) in [4.78, 5) is 4.29. The molecule has 1 heterocycles. The van der Waals surface area contributed by atoms with Crippen molar-refractivity contribution in [2.45, 2.75) is 45.4 Å². The molecule has 1 N–H and O–H groups in total. The van der Waals surface area contributed by atoms with Gasteiger partial charge in [0.1, 0.15) is 18.2 Å². The summed E-state index contributed by atoms with van der Waals surface area (Å²) in [5.74, 6) is 1.72. The minimum absolute atomic E-state index is 0.347. The van der Waals surface area contributed by atoms with Gasteiger partial charge < -0.3 is 14.4 Å². The summed E-state index contributed by atoms with van der Waals surface area (Å²) in [6, 6.07) is 6.02. The van der Waals surface area contributed by atoms with Crippen LogP contribution in [0.5, 0.6) is 5.75 Å². The van der Waals surface area contributed by atoms with E-state index in [1.165, 1.54) is 5.56 Å². The number of rotatable bonds is 4. The third-order valence-corrected chi connectivity index (χ3v) is 3.91. The molecule has 0 amide bonds. The highest BCUT2D eigenvalue weighted by Gasteiger charge is 2.18. The Morgan fingerprint density at radius 1 is 1.45 bits per heavy atom. The number of aryl methyl sites for hydroxylation is 2. The van der Waals surface area contributed by atoms with Crippen molar-refractivity contribution < 1.29 is 9.84 Å². The Morgan fingerprint density at radius 2 is 2.35 bits per heavy atom. The van der Waals surface area contributed by atoms with Crippen LogP contribution < -0.4 is 4.74 Å². The van der Waals surface area contributed by atoms with Gasteiger partial charge >= 0.3 is 0 Å². The van der Waals surface area contributed by atoms with Crippen molar-refractivity contribution in [1.29, 1.82) is 0 Å². The molecule has 0 saturated heterocycles. The first-order valence-electron chi connectivity index (χ1n) is 7.21. The third-order valence-electron chi connectivity index (χ3n) is 3.91. The number of hydrogen-bond acceptors (Lipinski definition) is 3. The van der Waals surface area contributed by atoms with Gasteiger partial charge in [0.15, 0.2) is 0 Å². The van der Waals surface area contributed by atoms with Gasteiger partial charge in [-0.3, -0.25) is 0 Å². The maximum absolute atomic E-state index is 10.0. The van der Waals surface area contributed by atoms with Crippen molar-refractivity contribution in [3.8, 4) is 5.75 Å². The van der Waals surface area contributed by atoms with E-state index in [9.17, 15) is 5.11 Å². The monoisotopic (exact) mass is 272 g/mol. The topological polar surface area (TPSA) is 47.3 Å². The molecule has 0 radical (unpaired) electrons. The molecular weight excluding hydrogens is 252 g/mol. The van der Waals surface area contributed by atoms with Crippen molar-refractivity contribution in [2.75, 3.05) is 0 Å². The quantitative estimate of drug-likeness (QED) is 0.931. The summed E-state index contributed by atoms with van der Waals surface area (Å²) in [6.07, 6.45) is 6.35. The molecule has 1 aromatic heterocycles. The normalized spacial score (nSPS) is 17.8. The number of hydrogen-bond donors (Lipinski definition) is 1. The van der Waals surface area contributed by atoms with Gasteiger partial charge in [0, 0.05) is 18.9 Å². The fourth-order valence-corrected chi connectivity index (χ4v) is 2.76. The first-order chi connectivity index (χ1) is 9.78. The van der Waals surface area contributed by atoms with Crippen LogP contribution in [-0.2, 0) is 19.6 Å². The summed E-state index contributed by atoms with van der Waals surface area (Å²) >= 11 is 0. The zero-order valence-electron chi connectivity index (χ0n) is 11.7. The van der Waals surface area contributed by atoms with Gasteiger partial charge in [-0.05, 0) is 49.4 Å². The number of aromatic nitrogens is 2. The van der Waals surface area contributed by atoms with E-state index in [2.05, 4.69) is 22.5 Å². The molecule has 3 rings (SSSR count). The van der Waals surface area contributed by atoms with Gasteiger partial charge in [-0.25, -0.2) is 4.98 Å². The van der Waals surface area contributed by atoms with Crippen LogP contribution in [0.1, 0.15) is 42.8 Å². The second-order valence-corrected chi connectivity index (χ2v) is 5.19. The second-order valence-electron chi connectivity index (χ2n) is 5.19. The minimum Gasteiger partial charge on any atom is -0.486 e. The van der Waals surface area contributed by atoms with E-state index in [1.54, 1.807) is 6.20 Å². The van der Waals surface area contributed by atoms with Gasteiger partial charge in [-0.15, -0.1) is 0 Å². The first-order valence-corrected chi connectivity index (χ1v) is 7.21. The number of aliphatic hydroxyl groups excluding tert-OH is 1. The van der Waals surface area contributed by atoms with Crippen LogP contribution in [-0.4, -0.2) is 14.7 Å². The standard InChI is InChI=1S/C16H20N2O2/c1-2-18-9-8-17-16(18)11-20-13-7-6-12-4-3-5-15(19)14(12)10-13/h6-10,15,19H,2-5,11H2,1H3/t15-/m0/s1. The van der Waals surface area contributed by atoms with E-state index in [-0.39, 0.29) is 6.10 Å². The molecule has 1 atom stereocenters. The van der Waals surface area contributed by atoms with Crippen LogP contribution in [0, 0.1) is 0 Å². The molecule has 0 bridgehead atoms. The number of nitrogens with zero attached hydrogens (tertiary/aromatic N) is 2. The fraction of sp³-hybridized carbons (Fsp3) is 0.438. The maximum atomic E-state index is 10.0. The van der Waals surface area contributed by atoms with Crippen molar-refractivity contribution >= 4 is 0 Å². The molecule has 0 unspecified atom stereocenters. The van der Waals surface area contributed by atoms with Crippen LogP contribution >= 0.6 is 0 Å². The molecule has 1 aromatic carbocycles. The summed E-state index contributed by atoms with van der Waals surface area (Å²) in [5.41, 5.74) is 2.26. The van der Waals surface area contributed by atoms with Crippen molar-refractivity contribution in [3.63, 3.8) is 0 Å². The van der Waals surface area contributed by atoms with E-state index < -0.39 is 0 Å². The lowest BCUT2D eigenvalue weighted by atomic mass is 9.89. The Kier molecular flexibility index (Phi) is 3.74. The fourth-order valence-electron chi connectivity index (χ4n) is 2.76. The van der Waals surface area contributed by atoms with Gasteiger partial charge in [0.05, 0.1) is 6.10 Å². The van der Waals surface area contributed by atoms with Crippen molar-refractivity contribution in [1.82, 2.24) is 9.55 Å². The van der Waals surface area contributed by atoms with Gasteiger partial charge in [0.2, 0.25) is 0 Å². The molecular formula is C16H20N2O2. The second kappa shape index (κ2) is 5.67. The molecule has 1 aliphatic rings. The number of aliphatic hydroxyl groups is 1. The highest BCUT2D eigenvalue weighted by Crippen LogP contribution is 2.32. The summed E-state index contributed by atoms with van der Waals surface area (Å²) in [6.45, 7) is 3.43. The lowest BCUT2D eigenvalue weighted by molar-refractivity contribution is 0.156. The Hall–Kier alpha value is -1.81. The molecule has 0 saturated carbocycles. The number of ether oxygens (including phenoxy) is 1. The highest BCUT2D eigenvalue weighted by molar-refractivity contribution is 5.38. The zero-order valence-corrected chi connectivity index (χ0v) is 11.7. The van der Waals surface area contributed by atoms with Crippen LogP contribution in [0.2, 0.25) is 0 Å². The number of benzene rings is 1. The van der Waals surface area contributed by atoms with Gasteiger partial charge in [-0.1, -0.05) is 6.07 Å². The predicted molar refractivity (Wildman–Crippen MR) is 76.6 cm³/mol. The molecule has 106 valence electrons. The zero-order chi connectivity index (χ0) is 13.9. The molecule has 0 aliphatic heterocycles. The molecule has 20 heavy (non-hydrogen) atoms. The van der Waals surface area contributed by atoms with Gasteiger partial charge in [-0.2, -0.15) is 0 Å². The van der Waals surface area contributed by atoms with Crippen LogP contribution in [0.25, 0.3) is 0 Å². The Morgan fingerprint density at radius 3 is 3.20 bits per heavy atom.